The van der Waals surface area contributed by atoms with Crippen LogP contribution in [0.5, 0.6) is 0 Å². The van der Waals surface area contributed by atoms with Gasteiger partial charge in [0.2, 0.25) is 15.9 Å². The number of hydrogen-bond acceptors (Lipinski definition) is 3. The average molecular weight is 345 g/mol. The van der Waals surface area contributed by atoms with Gasteiger partial charge in [0.15, 0.2) is 0 Å². The van der Waals surface area contributed by atoms with E-state index in [1.54, 1.807) is 17.0 Å². The van der Waals surface area contributed by atoms with Crippen LogP contribution in [0.2, 0.25) is 5.02 Å². The first kappa shape index (κ1) is 17.2. The summed E-state index contributed by atoms with van der Waals surface area (Å²) in [6.45, 7) is 0.966. The summed E-state index contributed by atoms with van der Waals surface area (Å²) in [4.78, 5) is 14.3. The number of piperidine rings is 1. The fourth-order valence-electron chi connectivity index (χ4n) is 2.67. The molecule has 122 valence electrons. The molecule has 1 heterocycles. The van der Waals surface area contributed by atoms with Gasteiger partial charge in [-0.3, -0.25) is 4.79 Å². The molecule has 1 saturated heterocycles. The Morgan fingerprint density at radius 3 is 2.64 bits per heavy atom. The molecule has 0 aliphatic carbocycles. The third-order valence-corrected chi connectivity index (χ3v) is 4.74. The van der Waals surface area contributed by atoms with E-state index in [0.29, 0.717) is 18.0 Å². The van der Waals surface area contributed by atoms with Gasteiger partial charge in [-0.1, -0.05) is 23.7 Å². The smallest absolute Gasteiger partial charge is 0.227 e. The molecule has 1 aromatic carbocycles. The summed E-state index contributed by atoms with van der Waals surface area (Å²) in [5, 5.41) is 0.643. The van der Waals surface area contributed by atoms with Crippen LogP contribution in [0.1, 0.15) is 24.8 Å². The summed E-state index contributed by atoms with van der Waals surface area (Å²) >= 11 is 5.84. The molecule has 1 aliphatic heterocycles. The van der Waals surface area contributed by atoms with E-state index < -0.39 is 10.0 Å². The van der Waals surface area contributed by atoms with E-state index in [9.17, 15) is 13.2 Å². The molecule has 2 rings (SSSR count). The van der Waals surface area contributed by atoms with E-state index >= 15 is 0 Å². The van der Waals surface area contributed by atoms with E-state index in [1.165, 1.54) is 0 Å². The maximum Gasteiger partial charge on any atom is 0.227 e. The van der Waals surface area contributed by atoms with E-state index in [2.05, 4.69) is 4.72 Å². The zero-order chi connectivity index (χ0) is 16.2. The molecule has 1 N–H and O–H groups in total. The predicted octanol–water partition coefficient (Wildman–Crippen LogP) is 1.81. The third kappa shape index (κ3) is 5.26. The van der Waals surface area contributed by atoms with E-state index in [4.69, 9.17) is 11.6 Å². The number of halogens is 1. The van der Waals surface area contributed by atoms with Crippen molar-refractivity contribution in [2.24, 2.45) is 0 Å². The normalized spacial score (nSPS) is 19.2. The van der Waals surface area contributed by atoms with Crippen LogP contribution in [-0.4, -0.2) is 44.6 Å². The molecule has 1 amide bonds. The number of nitrogens with one attached hydrogen (secondary N) is 1. The van der Waals surface area contributed by atoms with Crippen LogP contribution in [0.15, 0.2) is 24.3 Å². The summed E-state index contributed by atoms with van der Waals surface area (Å²) in [5.74, 6) is 0.0299. The lowest BCUT2D eigenvalue weighted by Gasteiger charge is -2.36. The third-order valence-electron chi connectivity index (χ3n) is 3.80. The van der Waals surface area contributed by atoms with Crippen LogP contribution in [0.4, 0.5) is 0 Å². The number of sulfonamides is 1. The van der Waals surface area contributed by atoms with Crippen LogP contribution in [0.25, 0.3) is 0 Å². The molecule has 0 spiro atoms. The number of rotatable bonds is 5. The van der Waals surface area contributed by atoms with Gasteiger partial charge >= 0.3 is 0 Å². The summed E-state index contributed by atoms with van der Waals surface area (Å²) < 4.78 is 25.0. The topological polar surface area (TPSA) is 66.5 Å². The van der Waals surface area contributed by atoms with E-state index in [0.717, 1.165) is 31.1 Å². The molecule has 0 bridgehead atoms. The van der Waals surface area contributed by atoms with Crippen molar-refractivity contribution in [1.29, 1.82) is 0 Å². The molecule has 0 unspecified atom stereocenters. The van der Waals surface area contributed by atoms with Crippen molar-refractivity contribution in [1.82, 2.24) is 9.62 Å². The van der Waals surface area contributed by atoms with Crippen LogP contribution in [-0.2, 0) is 21.2 Å². The van der Waals surface area contributed by atoms with Gasteiger partial charge < -0.3 is 4.90 Å². The zero-order valence-corrected chi connectivity index (χ0v) is 14.2. The van der Waals surface area contributed by atoms with Crippen molar-refractivity contribution in [2.75, 3.05) is 19.3 Å². The molecular weight excluding hydrogens is 324 g/mol. The van der Waals surface area contributed by atoms with Crippen molar-refractivity contribution in [3.63, 3.8) is 0 Å². The molecule has 0 aromatic heterocycles. The molecule has 22 heavy (non-hydrogen) atoms. The van der Waals surface area contributed by atoms with Crippen molar-refractivity contribution >= 4 is 27.5 Å². The summed E-state index contributed by atoms with van der Waals surface area (Å²) in [5.41, 5.74) is 0.912. The molecule has 5 nitrogen and oxygen atoms in total. The highest BCUT2D eigenvalue weighted by atomic mass is 35.5. The van der Waals surface area contributed by atoms with Crippen molar-refractivity contribution < 1.29 is 13.2 Å². The van der Waals surface area contributed by atoms with Gasteiger partial charge in [0.1, 0.15) is 0 Å². The van der Waals surface area contributed by atoms with Gasteiger partial charge in [0.25, 0.3) is 0 Å². The fraction of sp³-hybridized carbons (Fsp3) is 0.533. The number of carbonyl (C=O) groups is 1. The van der Waals surface area contributed by atoms with Gasteiger partial charge in [-0.05, 0) is 37.0 Å². The maximum absolute atomic E-state index is 12.5. The molecular formula is C15H21ClN2O3S. The lowest BCUT2D eigenvalue weighted by atomic mass is 10.0. The van der Waals surface area contributed by atoms with Gasteiger partial charge in [-0.2, -0.15) is 0 Å². The minimum atomic E-state index is -3.24. The highest BCUT2D eigenvalue weighted by Gasteiger charge is 2.27. The highest BCUT2D eigenvalue weighted by molar-refractivity contribution is 7.88. The van der Waals surface area contributed by atoms with Gasteiger partial charge in [0, 0.05) is 24.2 Å². The summed E-state index contributed by atoms with van der Waals surface area (Å²) in [6, 6.07) is 7.15. The standard InChI is InChI=1S/C15H21ClN2O3S/c1-22(20,21)17-11-14-4-2-3-9-18(14)15(19)10-12-5-7-13(16)8-6-12/h5-8,14,17H,2-4,9-11H2,1H3/t14-/m0/s1. The maximum atomic E-state index is 12.5. The monoisotopic (exact) mass is 344 g/mol. The quantitative estimate of drug-likeness (QED) is 0.886. The summed E-state index contributed by atoms with van der Waals surface area (Å²) in [7, 11) is -3.24. The predicted molar refractivity (Wildman–Crippen MR) is 87.4 cm³/mol. The van der Waals surface area contributed by atoms with Crippen LogP contribution in [0.3, 0.4) is 0 Å². The lowest BCUT2D eigenvalue weighted by Crippen LogP contribution is -2.49. The molecule has 7 heteroatoms. The van der Waals surface area contributed by atoms with E-state index in [-0.39, 0.29) is 18.5 Å². The Bertz CT molecular complexity index is 616. The first-order valence-electron chi connectivity index (χ1n) is 7.34. The molecule has 0 saturated carbocycles. The number of amides is 1. The molecule has 0 radical (unpaired) electrons. The van der Waals surface area contributed by atoms with E-state index in [1.807, 2.05) is 12.1 Å². The number of benzene rings is 1. The van der Waals surface area contributed by atoms with Gasteiger partial charge in [-0.15, -0.1) is 0 Å². The van der Waals surface area contributed by atoms with Crippen LogP contribution >= 0.6 is 11.6 Å². The number of hydrogen-bond donors (Lipinski definition) is 1. The Morgan fingerprint density at radius 1 is 1.32 bits per heavy atom. The second-order valence-corrected chi connectivity index (χ2v) is 7.93. The SMILES string of the molecule is CS(=O)(=O)NC[C@@H]1CCCCN1C(=O)Cc1ccc(Cl)cc1. The van der Waals surface area contributed by atoms with Crippen molar-refractivity contribution in [2.45, 2.75) is 31.7 Å². The average Bonchev–Trinajstić information content (AvgIpc) is 2.47. The minimum Gasteiger partial charge on any atom is -0.338 e. The first-order valence-corrected chi connectivity index (χ1v) is 9.60. The number of likely N-dealkylation sites (tertiary alicyclic amines) is 1. The highest BCUT2D eigenvalue weighted by Crippen LogP contribution is 2.19. The van der Waals surface area contributed by atoms with Crippen LogP contribution in [0, 0.1) is 0 Å². The number of nitrogens with zero attached hydrogens (tertiary/aromatic N) is 1. The van der Waals surface area contributed by atoms with Gasteiger partial charge in [0.05, 0.1) is 12.7 Å². The second-order valence-electron chi connectivity index (χ2n) is 5.66. The zero-order valence-electron chi connectivity index (χ0n) is 12.6. The second kappa shape index (κ2) is 7.44. The molecule has 1 aliphatic rings. The van der Waals surface area contributed by atoms with Crippen LogP contribution < -0.4 is 4.72 Å². The molecule has 1 fully saturated rings. The lowest BCUT2D eigenvalue weighted by molar-refractivity contribution is -0.133. The Kier molecular flexibility index (Phi) is 5.83. The Morgan fingerprint density at radius 2 is 2.00 bits per heavy atom. The largest absolute Gasteiger partial charge is 0.338 e. The fourth-order valence-corrected chi connectivity index (χ4v) is 3.29. The van der Waals surface area contributed by atoms with Gasteiger partial charge in [-0.25, -0.2) is 13.1 Å². The Hall–Kier alpha value is -1.11. The number of carbonyl (C=O) groups excluding carboxylic acids is 1. The molecule has 1 atom stereocenters. The first-order chi connectivity index (χ1) is 10.3. The Balaban J connectivity index is 2.00. The molecule has 1 aromatic rings. The van der Waals surface area contributed by atoms with Crippen molar-refractivity contribution in [3.8, 4) is 0 Å². The van der Waals surface area contributed by atoms with Crippen molar-refractivity contribution in [3.05, 3.63) is 34.9 Å². The minimum absolute atomic E-state index is 0.0299. The Labute approximate surface area is 136 Å². The summed E-state index contributed by atoms with van der Waals surface area (Å²) in [6.07, 6.45) is 4.25.